The van der Waals surface area contributed by atoms with Gasteiger partial charge in [-0.05, 0) is 25.0 Å². The van der Waals surface area contributed by atoms with Crippen LogP contribution in [-0.4, -0.2) is 66.3 Å². The molecule has 0 aromatic carbocycles. The normalized spacial score (nSPS) is 17.8. The number of carbonyl (C=O) groups is 1. The second-order valence-corrected chi connectivity index (χ2v) is 10.6. The summed E-state index contributed by atoms with van der Waals surface area (Å²) in [4.78, 5) is 40.9. The van der Waals surface area contributed by atoms with E-state index in [1.54, 1.807) is 16.3 Å². The Hall–Kier alpha value is -2.60. The van der Waals surface area contributed by atoms with Gasteiger partial charge in [0.2, 0.25) is 5.91 Å². The fourth-order valence-electron chi connectivity index (χ4n) is 4.45. The van der Waals surface area contributed by atoms with Crippen molar-refractivity contribution in [2.45, 2.75) is 55.5 Å². The summed E-state index contributed by atoms with van der Waals surface area (Å²) in [5.74, 6) is 2.46. The number of thioether (sulfide) groups is 2. The Morgan fingerprint density at radius 2 is 2.12 bits per heavy atom. The van der Waals surface area contributed by atoms with Gasteiger partial charge in [-0.25, -0.2) is 19.6 Å². The number of piperidine rings is 1. The maximum Gasteiger partial charge on any atom is 0.254 e. The van der Waals surface area contributed by atoms with Crippen molar-refractivity contribution in [1.29, 1.82) is 0 Å². The molecule has 0 spiro atoms. The Morgan fingerprint density at radius 1 is 1.26 bits per heavy atom. The average Bonchev–Trinajstić information content (AvgIpc) is 3.44. The van der Waals surface area contributed by atoms with E-state index in [0.717, 1.165) is 40.9 Å². The van der Waals surface area contributed by atoms with E-state index < -0.39 is 0 Å². The highest BCUT2D eigenvalue weighted by molar-refractivity contribution is 7.99. The van der Waals surface area contributed by atoms with Crippen molar-refractivity contribution >= 4 is 46.3 Å². The number of nitrogens with zero attached hydrogens (tertiary/aromatic N) is 7. The Balaban J connectivity index is 1.26. The fourth-order valence-corrected chi connectivity index (χ4v) is 6.13. The molecule has 1 fully saturated rings. The molecule has 5 rings (SSSR count). The first-order chi connectivity index (χ1) is 16.6. The van der Waals surface area contributed by atoms with E-state index in [9.17, 15) is 9.59 Å². The van der Waals surface area contributed by atoms with Crippen LogP contribution >= 0.6 is 23.5 Å². The number of anilines is 1. The zero-order valence-corrected chi connectivity index (χ0v) is 20.8. The highest BCUT2D eigenvalue weighted by Gasteiger charge is 2.26. The number of rotatable bonds is 8. The van der Waals surface area contributed by atoms with Crippen molar-refractivity contribution in [3.63, 3.8) is 0 Å². The summed E-state index contributed by atoms with van der Waals surface area (Å²) in [5, 5.41) is 9.94. The molecule has 10 nitrogen and oxygen atoms in total. The fraction of sp³-hybridized carbons (Fsp3) is 0.545. The van der Waals surface area contributed by atoms with E-state index in [-0.39, 0.29) is 23.9 Å². The summed E-state index contributed by atoms with van der Waals surface area (Å²) in [5.41, 5.74) is 0.695. The molecule has 1 saturated heterocycles. The van der Waals surface area contributed by atoms with Gasteiger partial charge in [-0.3, -0.25) is 14.2 Å². The lowest BCUT2D eigenvalue weighted by Gasteiger charge is -2.28. The largest absolute Gasteiger partial charge is 0.356 e. The quantitative estimate of drug-likeness (QED) is 0.368. The van der Waals surface area contributed by atoms with E-state index in [2.05, 4.69) is 27.2 Å². The standard InChI is InChI=1S/C22H28N8O2S2/c1-2-33-21-26-19(28-9-4-3-5-10-28)16-13-25-29(20(16)27-21)11-8-23-17(31)12-15-14-34-22-24-7-6-18(32)30(15)22/h6-7,13,15H,2-5,8-12,14H2,1H3,(H,23,31). The number of hydrogen-bond acceptors (Lipinski definition) is 9. The van der Waals surface area contributed by atoms with Gasteiger partial charge in [-0.2, -0.15) is 5.10 Å². The monoisotopic (exact) mass is 500 g/mol. The molecule has 0 bridgehead atoms. The third-order valence-electron chi connectivity index (χ3n) is 6.07. The molecule has 0 saturated carbocycles. The lowest BCUT2D eigenvalue weighted by molar-refractivity contribution is -0.121. The van der Waals surface area contributed by atoms with Gasteiger partial charge in [-0.1, -0.05) is 30.4 Å². The zero-order valence-electron chi connectivity index (χ0n) is 19.1. The van der Waals surface area contributed by atoms with Gasteiger partial charge in [0.25, 0.3) is 5.56 Å². The molecule has 34 heavy (non-hydrogen) atoms. The number of nitrogens with one attached hydrogen (secondary N) is 1. The smallest absolute Gasteiger partial charge is 0.254 e. The third kappa shape index (κ3) is 4.78. The van der Waals surface area contributed by atoms with Crippen LogP contribution < -0.4 is 15.8 Å². The van der Waals surface area contributed by atoms with Crippen LogP contribution in [0.25, 0.3) is 11.0 Å². The highest BCUT2D eigenvalue weighted by Crippen LogP contribution is 2.31. The minimum Gasteiger partial charge on any atom is -0.356 e. The number of carbonyl (C=O) groups excluding carboxylic acids is 1. The lowest BCUT2D eigenvalue weighted by Crippen LogP contribution is -2.32. The maximum absolute atomic E-state index is 12.6. The minimum absolute atomic E-state index is 0.0866. The number of hydrogen-bond donors (Lipinski definition) is 1. The molecule has 0 aliphatic carbocycles. The predicted molar refractivity (Wildman–Crippen MR) is 134 cm³/mol. The van der Waals surface area contributed by atoms with Crippen LogP contribution in [0.5, 0.6) is 0 Å². The number of aromatic nitrogens is 6. The van der Waals surface area contributed by atoms with E-state index in [1.807, 2.05) is 10.9 Å². The lowest BCUT2D eigenvalue weighted by atomic mass is 10.1. The second-order valence-electron chi connectivity index (χ2n) is 8.37. The average molecular weight is 501 g/mol. The van der Waals surface area contributed by atoms with Crippen LogP contribution in [-0.2, 0) is 11.3 Å². The van der Waals surface area contributed by atoms with Crippen LogP contribution in [0.1, 0.15) is 38.6 Å². The zero-order chi connectivity index (χ0) is 23.5. The molecule has 1 atom stereocenters. The van der Waals surface area contributed by atoms with Crippen molar-refractivity contribution in [3.05, 3.63) is 28.8 Å². The summed E-state index contributed by atoms with van der Waals surface area (Å²) in [6.45, 7) is 5.05. The Labute approximate surface area is 205 Å². The molecule has 1 unspecified atom stereocenters. The summed E-state index contributed by atoms with van der Waals surface area (Å²) in [7, 11) is 0. The molecular weight excluding hydrogens is 472 g/mol. The van der Waals surface area contributed by atoms with Gasteiger partial charge in [0.05, 0.1) is 24.2 Å². The summed E-state index contributed by atoms with van der Waals surface area (Å²) in [6.07, 6.45) is 7.22. The van der Waals surface area contributed by atoms with E-state index in [4.69, 9.17) is 9.97 Å². The molecule has 0 radical (unpaired) electrons. The van der Waals surface area contributed by atoms with E-state index >= 15 is 0 Å². The minimum atomic E-state index is -0.166. The molecule has 1 N–H and O–H groups in total. The maximum atomic E-state index is 12.6. The van der Waals surface area contributed by atoms with Crippen LogP contribution in [0.4, 0.5) is 5.82 Å². The highest BCUT2D eigenvalue weighted by atomic mass is 32.2. The van der Waals surface area contributed by atoms with Gasteiger partial charge in [-0.15, -0.1) is 0 Å². The Kier molecular flexibility index (Phi) is 7.05. The number of amides is 1. The van der Waals surface area contributed by atoms with Gasteiger partial charge in [0, 0.05) is 44.1 Å². The van der Waals surface area contributed by atoms with Gasteiger partial charge in [0.15, 0.2) is 16.0 Å². The van der Waals surface area contributed by atoms with Crippen molar-refractivity contribution in [2.24, 2.45) is 0 Å². The van der Waals surface area contributed by atoms with Crippen LogP contribution in [0.2, 0.25) is 0 Å². The topological polar surface area (TPSA) is 111 Å². The summed E-state index contributed by atoms with van der Waals surface area (Å²) in [6, 6.07) is 1.27. The second kappa shape index (κ2) is 10.3. The van der Waals surface area contributed by atoms with Crippen LogP contribution in [0.3, 0.4) is 0 Å². The van der Waals surface area contributed by atoms with Crippen molar-refractivity contribution in [2.75, 3.05) is 36.0 Å². The summed E-state index contributed by atoms with van der Waals surface area (Å²) < 4.78 is 3.47. The van der Waals surface area contributed by atoms with Crippen LogP contribution in [0, 0.1) is 0 Å². The first kappa shape index (κ1) is 23.2. The number of fused-ring (bicyclic) bond motifs is 2. The molecule has 5 heterocycles. The molecular formula is C22H28N8O2S2. The third-order valence-corrected chi connectivity index (χ3v) is 7.91. The molecule has 12 heteroatoms. The Morgan fingerprint density at radius 3 is 2.94 bits per heavy atom. The molecule has 1 amide bonds. The Bertz CT molecular complexity index is 1240. The molecule has 3 aromatic heterocycles. The van der Waals surface area contributed by atoms with E-state index in [0.29, 0.717) is 24.0 Å². The van der Waals surface area contributed by atoms with Crippen molar-refractivity contribution in [1.82, 2.24) is 34.6 Å². The van der Waals surface area contributed by atoms with E-state index in [1.165, 1.54) is 43.3 Å². The SMILES string of the molecule is CCSc1nc(N2CCCCC2)c2cnn(CCNC(=O)CC3CSc4nccc(=O)n43)c2n1. The first-order valence-electron chi connectivity index (χ1n) is 11.7. The predicted octanol–water partition coefficient (Wildman–Crippen LogP) is 2.34. The van der Waals surface area contributed by atoms with Crippen LogP contribution in [0.15, 0.2) is 33.6 Å². The van der Waals surface area contributed by atoms with Gasteiger partial charge >= 0.3 is 0 Å². The van der Waals surface area contributed by atoms with Gasteiger partial charge < -0.3 is 10.2 Å². The van der Waals surface area contributed by atoms with Crippen molar-refractivity contribution in [3.8, 4) is 0 Å². The molecule has 3 aromatic rings. The molecule has 2 aliphatic heterocycles. The van der Waals surface area contributed by atoms with Crippen molar-refractivity contribution < 1.29 is 4.79 Å². The first-order valence-corrected chi connectivity index (χ1v) is 13.7. The molecule has 180 valence electrons. The summed E-state index contributed by atoms with van der Waals surface area (Å²) >= 11 is 3.14. The van der Waals surface area contributed by atoms with Gasteiger partial charge in [0.1, 0.15) is 5.82 Å². The molecule has 2 aliphatic rings.